The largest absolute Gasteiger partial charge is 0.354 e. The van der Waals surface area contributed by atoms with Crippen LogP contribution >= 0.6 is 34.8 Å². The minimum Gasteiger partial charge on any atom is -0.354 e. The topological polar surface area (TPSA) is 86.8 Å². The zero-order chi connectivity index (χ0) is 27.9. The number of carbonyl (C=O) groups excluding carboxylic acids is 2. The Balaban J connectivity index is 2.05. The van der Waals surface area contributed by atoms with Gasteiger partial charge in [0.05, 0.1) is 10.6 Å². The van der Waals surface area contributed by atoms with Crippen LogP contribution in [-0.2, 0) is 26.2 Å². The zero-order valence-electron chi connectivity index (χ0n) is 20.9. The van der Waals surface area contributed by atoms with Crippen LogP contribution in [0.2, 0.25) is 15.1 Å². The highest BCUT2D eigenvalue weighted by molar-refractivity contribution is 7.92. The first kappa shape index (κ1) is 29.8. The summed E-state index contributed by atoms with van der Waals surface area (Å²) < 4.78 is 28.4. The molecule has 2 amide bonds. The quantitative estimate of drug-likeness (QED) is 0.304. The highest BCUT2D eigenvalue weighted by atomic mass is 35.5. The molecule has 0 heterocycles. The lowest BCUT2D eigenvalue weighted by atomic mass is 10.1. The molecule has 3 aromatic rings. The summed E-state index contributed by atoms with van der Waals surface area (Å²) in [5.41, 5.74) is 0.646. The van der Waals surface area contributed by atoms with Gasteiger partial charge in [-0.1, -0.05) is 72.1 Å². The number of sulfonamides is 1. The number of benzene rings is 3. The number of rotatable bonds is 11. The molecule has 3 aromatic carbocycles. The number of carbonyl (C=O) groups is 2. The van der Waals surface area contributed by atoms with Crippen molar-refractivity contribution in [2.24, 2.45) is 0 Å². The van der Waals surface area contributed by atoms with Crippen LogP contribution in [0, 0.1) is 0 Å². The Hall–Kier alpha value is -2.78. The summed E-state index contributed by atoms with van der Waals surface area (Å²) in [6.07, 6.45) is 0.709. The summed E-state index contributed by atoms with van der Waals surface area (Å²) >= 11 is 18.9. The summed E-state index contributed by atoms with van der Waals surface area (Å²) in [6, 6.07) is 18.0. The summed E-state index contributed by atoms with van der Waals surface area (Å²) in [6.45, 7) is 3.21. The van der Waals surface area contributed by atoms with Gasteiger partial charge in [0.2, 0.25) is 11.8 Å². The molecule has 202 valence electrons. The van der Waals surface area contributed by atoms with Gasteiger partial charge in [0.1, 0.15) is 12.6 Å². The van der Waals surface area contributed by atoms with Crippen molar-refractivity contribution in [1.82, 2.24) is 10.2 Å². The molecule has 1 atom stereocenters. The first-order valence-corrected chi connectivity index (χ1v) is 14.5. The molecule has 0 fully saturated rings. The predicted octanol–water partition coefficient (Wildman–Crippen LogP) is 5.79. The third-order valence-corrected chi connectivity index (χ3v) is 8.54. The second-order valence-corrected chi connectivity index (χ2v) is 11.6. The SMILES string of the molecule is CCCNC(=O)[C@H](C)N(Cc1c(Cl)cccc1Cl)C(=O)CN(c1cccc(Cl)c1)S(=O)(=O)c1ccccc1. The summed E-state index contributed by atoms with van der Waals surface area (Å²) in [5.74, 6) is -1.01. The summed E-state index contributed by atoms with van der Waals surface area (Å²) in [7, 11) is -4.17. The maximum Gasteiger partial charge on any atom is 0.264 e. The van der Waals surface area contributed by atoms with Gasteiger partial charge in [0, 0.05) is 33.7 Å². The van der Waals surface area contributed by atoms with Gasteiger partial charge in [0.15, 0.2) is 0 Å². The maximum atomic E-state index is 13.9. The van der Waals surface area contributed by atoms with Crippen LogP contribution in [0.3, 0.4) is 0 Å². The van der Waals surface area contributed by atoms with Crippen LogP contribution in [0.15, 0.2) is 77.7 Å². The molecule has 0 saturated heterocycles. The fourth-order valence-corrected chi connectivity index (χ4v) is 5.84. The van der Waals surface area contributed by atoms with Crippen LogP contribution in [0.1, 0.15) is 25.8 Å². The van der Waals surface area contributed by atoms with Crippen molar-refractivity contribution in [3.8, 4) is 0 Å². The fraction of sp³-hybridized carbons (Fsp3) is 0.259. The average molecular weight is 597 g/mol. The molecule has 0 bridgehead atoms. The second kappa shape index (κ2) is 13.3. The van der Waals surface area contributed by atoms with Crippen molar-refractivity contribution in [2.75, 3.05) is 17.4 Å². The van der Waals surface area contributed by atoms with E-state index in [0.29, 0.717) is 33.6 Å². The molecule has 0 aromatic heterocycles. The van der Waals surface area contributed by atoms with Crippen LogP contribution < -0.4 is 9.62 Å². The van der Waals surface area contributed by atoms with Gasteiger partial charge in [0.25, 0.3) is 10.0 Å². The van der Waals surface area contributed by atoms with Crippen molar-refractivity contribution in [1.29, 1.82) is 0 Å². The summed E-state index contributed by atoms with van der Waals surface area (Å²) in [4.78, 5) is 28.0. The molecule has 0 unspecified atom stereocenters. The molecule has 3 rings (SSSR count). The molecule has 0 aliphatic rings. The van der Waals surface area contributed by atoms with E-state index in [2.05, 4.69) is 5.32 Å². The molecule has 0 saturated carbocycles. The van der Waals surface area contributed by atoms with Crippen LogP contribution in [-0.4, -0.2) is 44.3 Å². The van der Waals surface area contributed by atoms with Gasteiger partial charge in [-0.2, -0.15) is 0 Å². The minimum atomic E-state index is -4.17. The smallest absolute Gasteiger partial charge is 0.264 e. The monoisotopic (exact) mass is 595 g/mol. The molecule has 38 heavy (non-hydrogen) atoms. The van der Waals surface area contributed by atoms with Crippen molar-refractivity contribution in [3.05, 3.63) is 93.4 Å². The second-order valence-electron chi connectivity index (χ2n) is 8.49. The number of hydrogen-bond acceptors (Lipinski definition) is 4. The van der Waals surface area contributed by atoms with E-state index in [9.17, 15) is 18.0 Å². The number of hydrogen-bond donors (Lipinski definition) is 1. The van der Waals surface area contributed by atoms with Gasteiger partial charge in [-0.3, -0.25) is 13.9 Å². The molecule has 7 nitrogen and oxygen atoms in total. The number of nitrogens with one attached hydrogen (secondary N) is 1. The highest BCUT2D eigenvalue weighted by Crippen LogP contribution is 2.29. The first-order valence-electron chi connectivity index (χ1n) is 11.9. The van der Waals surface area contributed by atoms with Gasteiger partial charge >= 0.3 is 0 Å². The van der Waals surface area contributed by atoms with Crippen molar-refractivity contribution in [3.63, 3.8) is 0 Å². The molecule has 0 aliphatic carbocycles. The Kier molecular flexibility index (Phi) is 10.4. The predicted molar refractivity (Wildman–Crippen MR) is 152 cm³/mol. The minimum absolute atomic E-state index is 0.00205. The van der Waals surface area contributed by atoms with Gasteiger partial charge in [-0.15, -0.1) is 0 Å². The Morgan fingerprint density at radius 2 is 1.55 bits per heavy atom. The van der Waals surface area contributed by atoms with Crippen LogP contribution in [0.4, 0.5) is 5.69 Å². The Bertz CT molecular complexity index is 1370. The Morgan fingerprint density at radius 1 is 0.921 bits per heavy atom. The average Bonchev–Trinajstić information content (AvgIpc) is 2.90. The number of halogens is 3. The normalized spacial score (nSPS) is 12.0. The third kappa shape index (κ3) is 7.20. The zero-order valence-corrected chi connectivity index (χ0v) is 24.0. The molecule has 0 radical (unpaired) electrons. The van der Waals surface area contributed by atoms with Crippen molar-refractivity contribution >= 4 is 62.3 Å². The van der Waals surface area contributed by atoms with Crippen molar-refractivity contribution in [2.45, 2.75) is 37.8 Å². The molecular weight excluding hydrogens is 569 g/mol. The standard InChI is InChI=1S/C27H28Cl3N3O4S/c1-3-15-31-27(35)19(2)32(17-23-24(29)13-8-14-25(23)30)26(34)18-33(21-10-7-9-20(28)16-21)38(36,37)22-11-5-4-6-12-22/h4-14,16,19H,3,15,17-18H2,1-2H3,(H,31,35)/t19-/m0/s1. The van der Waals surface area contributed by atoms with E-state index in [4.69, 9.17) is 34.8 Å². The first-order chi connectivity index (χ1) is 18.1. The van der Waals surface area contributed by atoms with E-state index >= 15 is 0 Å². The van der Waals surface area contributed by atoms with E-state index in [1.165, 1.54) is 23.1 Å². The lowest BCUT2D eigenvalue weighted by molar-refractivity contribution is -0.139. The van der Waals surface area contributed by atoms with Crippen molar-refractivity contribution < 1.29 is 18.0 Å². The lowest BCUT2D eigenvalue weighted by Gasteiger charge is -2.32. The molecule has 1 N–H and O–H groups in total. The third-order valence-electron chi connectivity index (χ3n) is 5.81. The Morgan fingerprint density at radius 3 is 2.16 bits per heavy atom. The maximum absolute atomic E-state index is 13.9. The van der Waals surface area contributed by atoms with E-state index < -0.39 is 28.5 Å². The van der Waals surface area contributed by atoms with Gasteiger partial charge < -0.3 is 10.2 Å². The lowest BCUT2D eigenvalue weighted by Crippen LogP contribution is -2.51. The van der Waals surface area contributed by atoms with E-state index in [-0.39, 0.29) is 23.0 Å². The summed E-state index contributed by atoms with van der Waals surface area (Å²) in [5, 5.41) is 3.72. The molecule has 11 heteroatoms. The fourth-order valence-electron chi connectivity index (χ4n) is 3.71. The van der Waals surface area contributed by atoms with E-state index in [0.717, 1.165) is 4.31 Å². The van der Waals surface area contributed by atoms with Crippen LogP contribution in [0.25, 0.3) is 0 Å². The molecule has 0 spiro atoms. The van der Waals surface area contributed by atoms with E-state index in [1.54, 1.807) is 61.5 Å². The molecule has 0 aliphatic heterocycles. The Labute approximate surface area is 238 Å². The number of amides is 2. The van der Waals surface area contributed by atoms with E-state index in [1.807, 2.05) is 6.92 Å². The molecular formula is C27H28Cl3N3O4S. The highest BCUT2D eigenvalue weighted by Gasteiger charge is 2.33. The number of nitrogens with zero attached hydrogens (tertiary/aromatic N) is 2. The van der Waals surface area contributed by atoms with Crippen LogP contribution in [0.5, 0.6) is 0 Å². The van der Waals surface area contributed by atoms with Gasteiger partial charge in [-0.05, 0) is 55.8 Å². The van der Waals surface area contributed by atoms with Gasteiger partial charge in [-0.25, -0.2) is 8.42 Å². The number of anilines is 1.